The van der Waals surface area contributed by atoms with Gasteiger partial charge in [0.05, 0.1) is 11.2 Å². The Kier molecular flexibility index (Phi) is 6.36. The van der Waals surface area contributed by atoms with E-state index in [1.807, 2.05) is 37.3 Å². The number of aliphatic hydroxyl groups is 2. The topological polar surface area (TPSA) is 62.6 Å². The molecular formula is C18H24BNO3. The summed E-state index contributed by atoms with van der Waals surface area (Å²) < 4.78 is 5.55. The quantitative estimate of drug-likeness (QED) is 0.855. The van der Waals surface area contributed by atoms with Crippen LogP contribution in [0.1, 0.15) is 33.4 Å². The first-order valence-electron chi connectivity index (χ1n) is 7.41. The number of hydrogen-bond acceptors (Lipinski definition) is 4. The smallest absolute Gasteiger partial charge is 0.219 e. The van der Waals surface area contributed by atoms with Gasteiger partial charge >= 0.3 is 0 Å². The zero-order valence-corrected chi connectivity index (χ0v) is 14.4. The van der Waals surface area contributed by atoms with Crippen LogP contribution in [-0.2, 0) is 0 Å². The molecule has 2 N–H and O–H groups in total. The van der Waals surface area contributed by atoms with Crippen molar-refractivity contribution in [3.63, 3.8) is 0 Å². The molecule has 0 spiro atoms. The first-order valence-corrected chi connectivity index (χ1v) is 7.41. The van der Waals surface area contributed by atoms with E-state index in [0.717, 1.165) is 16.9 Å². The van der Waals surface area contributed by atoms with Crippen molar-refractivity contribution in [3.8, 4) is 11.6 Å². The molecule has 1 aromatic heterocycles. The fourth-order valence-electron chi connectivity index (χ4n) is 1.23. The van der Waals surface area contributed by atoms with Crippen molar-refractivity contribution >= 4 is 13.3 Å². The molecule has 23 heavy (non-hydrogen) atoms. The molecule has 0 atom stereocenters. The van der Waals surface area contributed by atoms with Gasteiger partial charge in [-0.05, 0) is 52.8 Å². The highest BCUT2D eigenvalue weighted by Crippen LogP contribution is 2.19. The molecule has 0 amide bonds. The van der Waals surface area contributed by atoms with Gasteiger partial charge in [-0.2, -0.15) is 0 Å². The maximum Gasteiger partial charge on any atom is 0.219 e. The second-order valence-corrected chi connectivity index (χ2v) is 6.41. The summed E-state index contributed by atoms with van der Waals surface area (Å²) in [5.74, 6) is 1.34. The molecule has 1 heterocycles. The van der Waals surface area contributed by atoms with Gasteiger partial charge in [0.25, 0.3) is 0 Å². The summed E-state index contributed by atoms with van der Waals surface area (Å²) in [5, 5.41) is 18.2. The maximum atomic E-state index is 9.10. The average Bonchev–Trinajstić information content (AvgIpc) is 2.40. The Balaban J connectivity index is 0.000000284. The van der Waals surface area contributed by atoms with E-state index < -0.39 is 11.2 Å². The molecule has 0 saturated heterocycles. The van der Waals surface area contributed by atoms with E-state index in [1.54, 1.807) is 39.8 Å². The molecule has 0 unspecified atom stereocenters. The van der Waals surface area contributed by atoms with Crippen LogP contribution in [-0.4, -0.2) is 34.2 Å². The van der Waals surface area contributed by atoms with Crippen molar-refractivity contribution in [3.05, 3.63) is 48.2 Å². The second kappa shape index (κ2) is 7.62. The normalized spacial score (nSPS) is 11.4. The number of aromatic nitrogens is 1. The highest BCUT2D eigenvalue weighted by atomic mass is 16.5. The Morgan fingerprint density at radius 3 is 1.87 bits per heavy atom. The van der Waals surface area contributed by atoms with Crippen molar-refractivity contribution in [1.82, 2.24) is 4.98 Å². The lowest BCUT2D eigenvalue weighted by Gasteiger charge is -2.31. The van der Waals surface area contributed by atoms with Gasteiger partial charge in [-0.3, -0.25) is 0 Å². The molecule has 0 saturated carbocycles. The zero-order chi connectivity index (χ0) is 17.7. The molecule has 122 valence electrons. The average molecular weight is 313 g/mol. The van der Waals surface area contributed by atoms with E-state index in [9.17, 15) is 0 Å². The van der Waals surface area contributed by atoms with Crippen molar-refractivity contribution in [1.29, 1.82) is 0 Å². The lowest BCUT2D eigenvalue weighted by atomic mass is 9.90. The van der Waals surface area contributed by atoms with Crippen molar-refractivity contribution in [2.45, 2.75) is 45.8 Å². The molecule has 0 fully saturated rings. The Morgan fingerprint density at radius 2 is 1.43 bits per heavy atom. The van der Waals surface area contributed by atoms with Crippen molar-refractivity contribution < 1.29 is 14.9 Å². The Morgan fingerprint density at radius 1 is 0.913 bits per heavy atom. The first kappa shape index (κ1) is 19.2. The Bertz CT molecular complexity index is 601. The number of hydrogen-bond donors (Lipinski definition) is 2. The third-order valence-corrected chi connectivity index (χ3v) is 3.46. The van der Waals surface area contributed by atoms with Crippen molar-refractivity contribution in [2.75, 3.05) is 0 Å². The van der Waals surface area contributed by atoms with E-state index >= 15 is 0 Å². The number of aryl methyl sites for hydroxylation is 1. The van der Waals surface area contributed by atoms with Crippen LogP contribution < -0.4 is 10.2 Å². The largest absolute Gasteiger partial charge is 0.439 e. The predicted octanol–water partition coefficient (Wildman–Crippen LogP) is 2.50. The Hall–Kier alpha value is -1.85. The van der Waals surface area contributed by atoms with Crippen LogP contribution in [0.2, 0.25) is 0 Å². The zero-order valence-electron chi connectivity index (χ0n) is 14.4. The van der Waals surface area contributed by atoms with Gasteiger partial charge in [-0.1, -0.05) is 23.7 Å². The molecule has 0 aliphatic carbocycles. The Labute approximate surface area is 139 Å². The first-order chi connectivity index (χ1) is 10.5. The molecule has 5 heteroatoms. The summed E-state index contributed by atoms with van der Waals surface area (Å²) in [5.41, 5.74) is -0.359. The number of nitrogens with zero attached hydrogens (tertiary/aromatic N) is 1. The molecule has 2 radical (unpaired) electrons. The maximum absolute atomic E-state index is 9.10. The third-order valence-electron chi connectivity index (χ3n) is 3.46. The minimum Gasteiger partial charge on any atom is -0.439 e. The van der Waals surface area contributed by atoms with Gasteiger partial charge in [0, 0.05) is 11.8 Å². The van der Waals surface area contributed by atoms with Gasteiger partial charge in [-0.15, -0.1) is 0 Å². The van der Waals surface area contributed by atoms with Crippen LogP contribution in [0.5, 0.6) is 11.6 Å². The minimum atomic E-state index is -1.01. The van der Waals surface area contributed by atoms with Crippen LogP contribution in [0.15, 0.2) is 42.5 Å². The monoisotopic (exact) mass is 313 g/mol. The summed E-state index contributed by atoms with van der Waals surface area (Å²) in [4.78, 5) is 4.24. The van der Waals surface area contributed by atoms with E-state index in [4.69, 9.17) is 22.8 Å². The highest BCUT2D eigenvalue weighted by molar-refractivity contribution is 6.32. The van der Waals surface area contributed by atoms with Gasteiger partial charge in [0.1, 0.15) is 13.6 Å². The summed E-state index contributed by atoms with van der Waals surface area (Å²) in [6.07, 6.45) is 0. The van der Waals surface area contributed by atoms with E-state index in [1.165, 1.54) is 0 Å². The van der Waals surface area contributed by atoms with E-state index in [2.05, 4.69) is 4.98 Å². The summed E-state index contributed by atoms with van der Waals surface area (Å²) in [7, 11) is 5.57. The van der Waals surface area contributed by atoms with E-state index in [-0.39, 0.29) is 0 Å². The summed E-state index contributed by atoms with van der Waals surface area (Å²) in [6, 6.07) is 12.9. The van der Waals surface area contributed by atoms with Gasteiger partial charge in [-0.25, -0.2) is 4.98 Å². The fraction of sp³-hybridized carbons (Fsp3) is 0.389. The number of rotatable bonds is 3. The third kappa shape index (κ3) is 6.84. The van der Waals surface area contributed by atoms with E-state index in [0.29, 0.717) is 5.88 Å². The molecule has 4 nitrogen and oxygen atoms in total. The highest BCUT2D eigenvalue weighted by Gasteiger charge is 2.31. The molecule has 2 rings (SSSR count). The van der Waals surface area contributed by atoms with Gasteiger partial charge in [0.15, 0.2) is 0 Å². The summed E-state index contributed by atoms with van der Waals surface area (Å²) in [6.45, 7) is 8.23. The molecular weight excluding hydrogens is 289 g/mol. The van der Waals surface area contributed by atoms with Crippen LogP contribution in [0.3, 0.4) is 0 Å². The van der Waals surface area contributed by atoms with Gasteiger partial charge in [0.2, 0.25) is 5.88 Å². The molecule has 2 aromatic rings. The number of ether oxygens (including phenoxy) is 1. The molecule has 0 bridgehead atoms. The van der Waals surface area contributed by atoms with Crippen LogP contribution in [0.25, 0.3) is 0 Å². The van der Waals surface area contributed by atoms with Crippen LogP contribution in [0, 0.1) is 6.92 Å². The number of pyridine rings is 1. The fourth-order valence-corrected chi connectivity index (χ4v) is 1.23. The van der Waals surface area contributed by atoms with Gasteiger partial charge < -0.3 is 14.9 Å². The molecule has 0 aliphatic rings. The number of benzene rings is 1. The standard InChI is InChI=1S/C12H10BNO.C6H14O2/c1-9-3-2-4-12(14-9)15-11-7-5-10(13)6-8-11;1-5(2,7)6(3,4)8/h2-8H,1H3;7-8H,1-4H3. The lowest BCUT2D eigenvalue weighted by molar-refractivity contribution is -0.107. The predicted molar refractivity (Wildman–Crippen MR) is 93.5 cm³/mol. The van der Waals surface area contributed by atoms with Crippen LogP contribution >= 0.6 is 0 Å². The SMILES string of the molecule is CC(C)(O)C(C)(C)O.[B]c1ccc(Oc2cccc(C)n2)cc1. The second-order valence-electron chi connectivity index (χ2n) is 6.41. The minimum absolute atomic E-state index is 0.597. The molecule has 1 aromatic carbocycles. The van der Waals surface area contributed by atoms with Crippen LogP contribution in [0.4, 0.5) is 0 Å². The summed E-state index contributed by atoms with van der Waals surface area (Å²) >= 11 is 0. The lowest BCUT2D eigenvalue weighted by Crippen LogP contribution is -2.44. The molecule has 0 aliphatic heterocycles. The van der Waals surface area contributed by atoms with Crippen molar-refractivity contribution in [2.24, 2.45) is 0 Å².